The van der Waals surface area contributed by atoms with Crippen LogP contribution in [0.2, 0.25) is 0 Å². The van der Waals surface area contributed by atoms with Crippen LogP contribution in [0.25, 0.3) is 6.08 Å². The maximum Gasteiger partial charge on any atom is 0.244 e. The molecule has 0 aliphatic heterocycles. The summed E-state index contributed by atoms with van der Waals surface area (Å²) in [5.41, 5.74) is 2.02. The van der Waals surface area contributed by atoms with Gasteiger partial charge in [0.15, 0.2) is 11.5 Å². The van der Waals surface area contributed by atoms with Crippen molar-refractivity contribution in [1.29, 1.82) is 0 Å². The highest BCUT2D eigenvalue weighted by molar-refractivity contribution is 7.11. The molecule has 1 N–H and O–H groups in total. The zero-order valence-electron chi connectivity index (χ0n) is 14.2. The lowest BCUT2D eigenvalue weighted by Gasteiger charge is -2.14. The summed E-state index contributed by atoms with van der Waals surface area (Å²) in [5, 5.41) is 4.85. The summed E-state index contributed by atoms with van der Waals surface area (Å²) in [6.45, 7) is 2.38. The molecule has 0 saturated heterocycles. The topological polar surface area (TPSA) is 56.8 Å². The van der Waals surface area contributed by atoms with Gasteiger partial charge in [-0.25, -0.2) is 0 Å². The fourth-order valence-corrected chi connectivity index (χ4v) is 3.01. The molecule has 0 aliphatic rings. The third-order valence-electron chi connectivity index (χ3n) is 3.48. The second-order valence-corrected chi connectivity index (χ2v) is 6.00. The lowest BCUT2D eigenvalue weighted by Crippen LogP contribution is -2.20. The molecule has 5 nitrogen and oxygen atoms in total. The number of aryl methyl sites for hydroxylation is 1. The molecule has 0 atom stereocenters. The molecule has 24 heavy (non-hydrogen) atoms. The Bertz CT molecular complexity index is 711. The van der Waals surface area contributed by atoms with Gasteiger partial charge in [-0.3, -0.25) is 4.79 Å². The molecule has 1 amide bonds. The van der Waals surface area contributed by atoms with Crippen molar-refractivity contribution >= 4 is 23.3 Å². The van der Waals surface area contributed by atoms with E-state index in [2.05, 4.69) is 5.32 Å². The molecular weight excluding hydrogens is 326 g/mol. The van der Waals surface area contributed by atoms with Crippen LogP contribution in [0.1, 0.15) is 16.0 Å². The van der Waals surface area contributed by atoms with Crippen molar-refractivity contribution < 1.29 is 19.0 Å². The Kier molecular flexibility index (Phi) is 6.26. The Balaban J connectivity index is 2.04. The zero-order chi connectivity index (χ0) is 17.5. The van der Waals surface area contributed by atoms with Crippen LogP contribution in [-0.2, 0) is 11.3 Å². The first-order chi connectivity index (χ1) is 11.6. The summed E-state index contributed by atoms with van der Waals surface area (Å²) in [7, 11) is 4.68. The number of rotatable bonds is 7. The SMILES string of the molecule is COc1cc(CNC(=O)/C=C/c2sccc2C)cc(OC)c1OC. The van der Waals surface area contributed by atoms with Gasteiger partial charge in [-0.1, -0.05) is 0 Å². The lowest BCUT2D eigenvalue weighted by atomic mass is 10.1. The number of hydrogen-bond acceptors (Lipinski definition) is 5. The van der Waals surface area contributed by atoms with E-state index in [1.807, 2.05) is 36.6 Å². The average Bonchev–Trinajstić information content (AvgIpc) is 3.01. The second kappa shape index (κ2) is 8.40. The van der Waals surface area contributed by atoms with Gasteiger partial charge in [0.25, 0.3) is 0 Å². The van der Waals surface area contributed by atoms with E-state index in [1.54, 1.807) is 32.7 Å². The van der Waals surface area contributed by atoms with E-state index in [-0.39, 0.29) is 5.91 Å². The number of methoxy groups -OCH3 is 3. The number of amides is 1. The summed E-state index contributed by atoms with van der Waals surface area (Å²) in [6, 6.07) is 5.65. The number of nitrogens with one attached hydrogen (secondary N) is 1. The monoisotopic (exact) mass is 347 g/mol. The predicted molar refractivity (Wildman–Crippen MR) is 96.0 cm³/mol. The highest BCUT2D eigenvalue weighted by Gasteiger charge is 2.13. The van der Waals surface area contributed by atoms with Gasteiger partial charge in [-0.2, -0.15) is 0 Å². The molecule has 128 valence electrons. The van der Waals surface area contributed by atoms with Gasteiger partial charge in [-0.05, 0) is 47.7 Å². The number of benzene rings is 1. The molecule has 1 heterocycles. The summed E-state index contributed by atoms with van der Waals surface area (Å²) in [5.74, 6) is 1.50. The van der Waals surface area contributed by atoms with Gasteiger partial charge < -0.3 is 19.5 Å². The van der Waals surface area contributed by atoms with Crippen molar-refractivity contribution in [3.8, 4) is 17.2 Å². The lowest BCUT2D eigenvalue weighted by molar-refractivity contribution is -0.116. The Hall–Kier alpha value is -2.47. The molecule has 0 radical (unpaired) electrons. The first-order valence-corrected chi connectivity index (χ1v) is 8.26. The Morgan fingerprint density at radius 3 is 2.33 bits per heavy atom. The summed E-state index contributed by atoms with van der Waals surface area (Å²) >= 11 is 1.61. The summed E-state index contributed by atoms with van der Waals surface area (Å²) in [6.07, 6.45) is 3.36. The fourth-order valence-electron chi connectivity index (χ4n) is 2.19. The third-order valence-corrected chi connectivity index (χ3v) is 4.46. The quantitative estimate of drug-likeness (QED) is 0.780. The molecule has 1 aromatic carbocycles. The maximum atomic E-state index is 12.0. The molecule has 1 aromatic heterocycles. The Morgan fingerprint density at radius 1 is 1.17 bits per heavy atom. The molecule has 0 fully saturated rings. The first-order valence-electron chi connectivity index (χ1n) is 7.38. The Labute approximate surface area is 145 Å². The molecule has 2 aromatic rings. The highest BCUT2D eigenvalue weighted by Crippen LogP contribution is 2.38. The van der Waals surface area contributed by atoms with E-state index in [0.29, 0.717) is 23.8 Å². The van der Waals surface area contributed by atoms with Gasteiger partial charge in [0.05, 0.1) is 21.3 Å². The van der Waals surface area contributed by atoms with Gasteiger partial charge in [0, 0.05) is 17.5 Å². The van der Waals surface area contributed by atoms with Crippen molar-refractivity contribution in [2.75, 3.05) is 21.3 Å². The van der Waals surface area contributed by atoms with E-state index in [4.69, 9.17) is 14.2 Å². The van der Waals surface area contributed by atoms with Gasteiger partial charge >= 0.3 is 0 Å². The normalized spacial score (nSPS) is 10.7. The number of carbonyl (C=O) groups excluding carboxylic acids is 1. The number of hydrogen-bond donors (Lipinski definition) is 1. The molecule has 0 bridgehead atoms. The van der Waals surface area contributed by atoms with Gasteiger partial charge in [0.1, 0.15) is 0 Å². The van der Waals surface area contributed by atoms with Crippen LogP contribution in [0.15, 0.2) is 29.7 Å². The van der Waals surface area contributed by atoms with Crippen molar-refractivity contribution in [3.05, 3.63) is 45.7 Å². The van der Waals surface area contributed by atoms with Crippen LogP contribution < -0.4 is 19.5 Å². The molecule has 0 unspecified atom stereocenters. The van der Waals surface area contributed by atoms with E-state index < -0.39 is 0 Å². The number of thiophene rings is 1. The van der Waals surface area contributed by atoms with E-state index in [9.17, 15) is 4.79 Å². The van der Waals surface area contributed by atoms with Crippen molar-refractivity contribution in [2.24, 2.45) is 0 Å². The van der Waals surface area contributed by atoms with Gasteiger partial charge in [0.2, 0.25) is 11.7 Å². The van der Waals surface area contributed by atoms with Crippen molar-refractivity contribution in [1.82, 2.24) is 5.32 Å². The van der Waals surface area contributed by atoms with E-state index >= 15 is 0 Å². The van der Waals surface area contributed by atoms with Crippen LogP contribution in [0.4, 0.5) is 0 Å². The highest BCUT2D eigenvalue weighted by atomic mass is 32.1. The molecule has 0 aliphatic carbocycles. The molecule has 2 rings (SSSR count). The fraction of sp³-hybridized carbons (Fsp3) is 0.278. The summed E-state index contributed by atoms with van der Waals surface area (Å²) < 4.78 is 15.9. The van der Waals surface area contributed by atoms with Crippen LogP contribution in [0.3, 0.4) is 0 Å². The second-order valence-electron chi connectivity index (χ2n) is 5.05. The largest absolute Gasteiger partial charge is 0.493 e. The van der Waals surface area contributed by atoms with Crippen molar-refractivity contribution in [3.63, 3.8) is 0 Å². The van der Waals surface area contributed by atoms with E-state index in [0.717, 1.165) is 16.0 Å². The minimum atomic E-state index is -0.156. The minimum Gasteiger partial charge on any atom is -0.493 e. The van der Waals surface area contributed by atoms with E-state index in [1.165, 1.54) is 6.08 Å². The molecular formula is C18H21NO4S. The average molecular weight is 347 g/mol. The smallest absolute Gasteiger partial charge is 0.244 e. The standard InChI is InChI=1S/C18H21NO4S/c1-12-7-8-24-16(12)5-6-17(20)19-11-13-9-14(21-2)18(23-4)15(10-13)22-3/h5-10H,11H2,1-4H3,(H,19,20)/b6-5+. The number of ether oxygens (including phenoxy) is 3. The van der Waals surface area contributed by atoms with Crippen LogP contribution in [-0.4, -0.2) is 27.2 Å². The van der Waals surface area contributed by atoms with Gasteiger partial charge in [-0.15, -0.1) is 11.3 Å². The predicted octanol–water partition coefficient (Wildman–Crippen LogP) is 3.41. The first kappa shape index (κ1) is 17.9. The third kappa shape index (κ3) is 4.29. The molecule has 6 heteroatoms. The minimum absolute atomic E-state index is 0.156. The molecule has 0 saturated carbocycles. The van der Waals surface area contributed by atoms with Crippen LogP contribution in [0.5, 0.6) is 17.2 Å². The Morgan fingerprint density at radius 2 is 1.83 bits per heavy atom. The number of carbonyl (C=O) groups is 1. The zero-order valence-corrected chi connectivity index (χ0v) is 15.0. The molecule has 0 spiro atoms. The summed E-state index contributed by atoms with van der Waals surface area (Å²) in [4.78, 5) is 13.1. The van der Waals surface area contributed by atoms with Crippen molar-refractivity contribution in [2.45, 2.75) is 13.5 Å². The maximum absolute atomic E-state index is 12.0. The van der Waals surface area contributed by atoms with Crippen LogP contribution in [0, 0.1) is 6.92 Å². The van der Waals surface area contributed by atoms with Crippen LogP contribution >= 0.6 is 11.3 Å².